The van der Waals surface area contributed by atoms with Crippen molar-refractivity contribution in [2.24, 2.45) is 0 Å². The topological polar surface area (TPSA) is 125 Å². The molecule has 9 nitrogen and oxygen atoms in total. The van der Waals surface area contributed by atoms with Crippen molar-refractivity contribution in [1.82, 2.24) is 0 Å². The Morgan fingerprint density at radius 3 is 2.48 bits per heavy atom. The van der Waals surface area contributed by atoms with Gasteiger partial charge >= 0.3 is 11.7 Å². The molecular weight excluding hydrogens is 306 g/mol. The number of nitrogens with one attached hydrogen (secondary N) is 1. The van der Waals surface area contributed by atoms with Crippen LogP contribution in [0.15, 0.2) is 48.7 Å². The van der Waals surface area contributed by atoms with Crippen molar-refractivity contribution in [3.63, 3.8) is 0 Å². The summed E-state index contributed by atoms with van der Waals surface area (Å²) < 4.78 is 5.05. The van der Waals surface area contributed by atoms with E-state index < -0.39 is 23.4 Å². The molecule has 0 saturated carbocycles. The van der Waals surface area contributed by atoms with E-state index in [1.54, 1.807) is 0 Å². The molecule has 23 heavy (non-hydrogen) atoms. The number of ether oxygens (including phenoxy) is 1. The van der Waals surface area contributed by atoms with Gasteiger partial charge in [-0.3, -0.25) is 14.9 Å². The summed E-state index contributed by atoms with van der Waals surface area (Å²) in [6, 6.07) is 9.36. The lowest BCUT2D eigenvalue weighted by Crippen LogP contribution is -2.35. The lowest BCUT2D eigenvalue weighted by Gasteiger charge is -2.06. The Morgan fingerprint density at radius 2 is 1.87 bits per heavy atom. The highest BCUT2D eigenvalue weighted by Crippen LogP contribution is 2.15. The van der Waals surface area contributed by atoms with Gasteiger partial charge in [-0.15, -0.1) is 0 Å². The van der Waals surface area contributed by atoms with E-state index in [0.29, 0.717) is 10.4 Å². The molecule has 1 heterocycles. The molecule has 0 bridgehead atoms. The predicted octanol–water partition coefficient (Wildman–Crippen LogP) is 1.02. The van der Waals surface area contributed by atoms with Crippen LogP contribution in [0.1, 0.15) is 10.5 Å². The molecule has 0 spiro atoms. The third-order valence-electron chi connectivity index (χ3n) is 2.73. The Hall–Kier alpha value is -3.49. The molecular formula is C14H11N3O6. The normalized spacial score (nSPS) is 9.91. The fourth-order valence-electron chi connectivity index (χ4n) is 1.65. The number of pyridine rings is 1. The van der Waals surface area contributed by atoms with Gasteiger partial charge in [0.1, 0.15) is 0 Å². The van der Waals surface area contributed by atoms with Crippen molar-refractivity contribution in [3.8, 4) is 0 Å². The number of aromatic nitrogens is 1. The highest BCUT2D eigenvalue weighted by Gasteiger charge is 2.18. The lowest BCUT2D eigenvalue weighted by atomic mass is 10.3. The largest absolute Gasteiger partial charge is 0.618 e. The zero-order chi connectivity index (χ0) is 16.8. The molecule has 0 aliphatic heterocycles. The first-order chi connectivity index (χ1) is 11.0. The number of carbonyl (C=O) groups is 2. The van der Waals surface area contributed by atoms with Gasteiger partial charge in [0.15, 0.2) is 12.8 Å². The highest BCUT2D eigenvalue weighted by atomic mass is 16.6. The van der Waals surface area contributed by atoms with Crippen molar-refractivity contribution < 1.29 is 24.0 Å². The van der Waals surface area contributed by atoms with E-state index in [0.717, 1.165) is 6.20 Å². The van der Waals surface area contributed by atoms with Crippen LogP contribution in [0.5, 0.6) is 0 Å². The SMILES string of the molecule is O=C(COC(=O)c1cccc[n+]1[O-])Nc1ccc([N+](=O)[O-])cc1. The number of amides is 1. The van der Waals surface area contributed by atoms with Crippen LogP contribution >= 0.6 is 0 Å². The Labute approximate surface area is 129 Å². The van der Waals surface area contributed by atoms with Gasteiger partial charge in [-0.05, 0) is 18.2 Å². The minimum absolute atomic E-state index is 0.112. The van der Waals surface area contributed by atoms with Gasteiger partial charge in [-0.2, -0.15) is 4.73 Å². The quantitative estimate of drug-likeness (QED) is 0.288. The molecule has 118 valence electrons. The molecule has 0 radical (unpaired) electrons. The van der Waals surface area contributed by atoms with Gasteiger partial charge in [-0.25, -0.2) is 4.79 Å². The maximum absolute atomic E-state index is 11.6. The van der Waals surface area contributed by atoms with Crippen LogP contribution in [-0.2, 0) is 9.53 Å². The average molecular weight is 317 g/mol. The molecule has 1 aromatic heterocycles. The van der Waals surface area contributed by atoms with Crippen LogP contribution in [-0.4, -0.2) is 23.4 Å². The molecule has 1 N–H and O–H groups in total. The first kappa shape index (κ1) is 15.9. The van der Waals surface area contributed by atoms with Crippen LogP contribution in [0.25, 0.3) is 0 Å². The molecule has 0 aliphatic rings. The van der Waals surface area contributed by atoms with Gasteiger partial charge in [0.2, 0.25) is 0 Å². The van der Waals surface area contributed by atoms with Gasteiger partial charge in [0, 0.05) is 30.0 Å². The van der Waals surface area contributed by atoms with Crippen molar-refractivity contribution in [2.45, 2.75) is 0 Å². The number of anilines is 1. The number of nitro benzene ring substituents is 1. The predicted molar refractivity (Wildman–Crippen MR) is 77.4 cm³/mol. The number of rotatable bonds is 5. The minimum Gasteiger partial charge on any atom is -0.618 e. The number of nitrogens with zero attached hydrogens (tertiary/aromatic N) is 2. The number of benzene rings is 1. The molecule has 0 saturated heterocycles. The molecule has 1 amide bonds. The zero-order valence-corrected chi connectivity index (χ0v) is 11.7. The molecule has 9 heteroatoms. The van der Waals surface area contributed by atoms with Crippen molar-refractivity contribution >= 4 is 23.3 Å². The molecule has 0 atom stereocenters. The molecule has 0 fully saturated rings. The van der Waals surface area contributed by atoms with E-state index in [1.165, 1.54) is 42.5 Å². The first-order valence-electron chi connectivity index (χ1n) is 6.37. The first-order valence-corrected chi connectivity index (χ1v) is 6.37. The summed E-state index contributed by atoms with van der Waals surface area (Å²) in [5, 5.41) is 24.3. The Balaban J connectivity index is 1.89. The fraction of sp³-hybridized carbons (Fsp3) is 0.0714. The number of hydrogen-bond donors (Lipinski definition) is 1. The number of nitro groups is 1. The average Bonchev–Trinajstić information content (AvgIpc) is 2.53. The van der Waals surface area contributed by atoms with Gasteiger partial charge in [0.25, 0.3) is 11.6 Å². The summed E-state index contributed by atoms with van der Waals surface area (Å²) in [5.74, 6) is -1.57. The Kier molecular flexibility index (Phi) is 4.82. The second-order valence-electron chi connectivity index (χ2n) is 4.34. The number of esters is 1. The molecule has 0 aliphatic carbocycles. The summed E-state index contributed by atoms with van der Waals surface area (Å²) in [6.07, 6.45) is 1.13. The second-order valence-corrected chi connectivity index (χ2v) is 4.34. The standard InChI is InChI=1S/C14H11N3O6/c18-13(15-10-4-6-11(7-5-10)17(21)22)9-23-14(19)12-3-1-2-8-16(12)20/h1-8H,9H2,(H,15,18). The van der Waals surface area contributed by atoms with E-state index >= 15 is 0 Å². The van der Waals surface area contributed by atoms with Gasteiger partial charge in [0.05, 0.1) is 4.92 Å². The highest BCUT2D eigenvalue weighted by molar-refractivity contribution is 5.94. The van der Waals surface area contributed by atoms with Crippen LogP contribution in [0.4, 0.5) is 11.4 Å². The van der Waals surface area contributed by atoms with Crippen LogP contribution in [0.2, 0.25) is 0 Å². The maximum atomic E-state index is 11.6. The lowest BCUT2D eigenvalue weighted by molar-refractivity contribution is -0.608. The van der Waals surface area contributed by atoms with Crippen LogP contribution in [0.3, 0.4) is 0 Å². The van der Waals surface area contributed by atoms with Crippen molar-refractivity contribution in [2.75, 3.05) is 11.9 Å². The summed E-state index contributed by atoms with van der Waals surface area (Å²) in [4.78, 5) is 33.2. The Bertz CT molecular complexity index is 744. The Morgan fingerprint density at radius 1 is 1.17 bits per heavy atom. The molecule has 0 unspecified atom stereocenters. The van der Waals surface area contributed by atoms with Gasteiger partial charge < -0.3 is 15.3 Å². The summed E-state index contributed by atoms with van der Waals surface area (Å²) in [7, 11) is 0. The van der Waals surface area contributed by atoms with Crippen molar-refractivity contribution in [1.29, 1.82) is 0 Å². The minimum atomic E-state index is -0.931. The van der Waals surface area contributed by atoms with E-state index in [4.69, 9.17) is 4.74 Å². The maximum Gasteiger partial charge on any atom is 0.405 e. The van der Waals surface area contributed by atoms with Crippen LogP contribution < -0.4 is 10.0 Å². The number of non-ortho nitro benzene ring substituents is 1. The second kappa shape index (κ2) is 6.98. The van der Waals surface area contributed by atoms with Gasteiger partial charge in [-0.1, -0.05) is 0 Å². The molecule has 1 aromatic carbocycles. The van der Waals surface area contributed by atoms with Crippen LogP contribution in [0, 0.1) is 15.3 Å². The third kappa shape index (κ3) is 4.24. The smallest absolute Gasteiger partial charge is 0.405 e. The monoisotopic (exact) mass is 317 g/mol. The summed E-state index contributed by atoms with van der Waals surface area (Å²) in [5.41, 5.74) is -0.0376. The summed E-state index contributed by atoms with van der Waals surface area (Å²) in [6.45, 7) is -0.593. The number of hydrogen-bond acceptors (Lipinski definition) is 6. The van der Waals surface area contributed by atoms with E-state index in [9.17, 15) is 24.9 Å². The van der Waals surface area contributed by atoms with E-state index in [-0.39, 0.29) is 11.4 Å². The van der Waals surface area contributed by atoms with E-state index in [1.807, 2.05) is 0 Å². The number of carbonyl (C=O) groups excluding carboxylic acids is 2. The third-order valence-corrected chi connectivity index (χ3v) is 2.73. The van der Waals surface area contributed by atoms with E-state index in [2.05, 4.69) is 5.32 Å². The fourth-order valence-corrected chi connectivity index (χ4v) is 1.65. The molecule has 2 aromatic rings. The molecule has 2 rings (SSSR count). The summed E-state index contributed by atoms with van der Waals surface area (Å²) >= 11 is 0. The van der Waals surface area contributed by atoms with Crippen molar-refractivity contribution in [3.05, 3.63) is 69.7 Å². The zero-order valence-electron chi connectivity index (χ0n) is 11.7.